The number of amides is 1. The lowest BCUT2D eigenvalue weighted by atomic mass is 9.92. The standard InChI is InChI=1S/C19H29N3O4S/c1-15-14-16(8-9-20-15)19(23)21-10-3-11-22(13-12-21)27(24,25)18-6-4-17(26-2)5-7-18/h4-7,15-16,20H,3,8-14H2,1-2H3/t15-,16-/m0/s1. The molecular formula is C19H29N3O4S. The second kappa shape index (κ2) is 8.58. The summed E-state index contributed by atoms with van der Waals surface area (Å²) in [4.78, 5) is 15.0. The first-order chi connectivity index (χ1) is 12.9. The van der Waals surface area contributed by atoms with E-state index in [4.69, 9.17) is 4.74 Å². The molecule has 2 atom stereocenters. The first kappa shape index (κ1) is 20.1. The van der Waals surface area contributed by atoms with E-state index in [0.29, 0.717) is 44.4 Å². The van der Waals surface area contributed by atoms with Crippen LogP contribution in [0.4, 0.5) is 0 Å². The number of rotatable bonds is 4. The molecule has 150 valence electrons. The van der Waals surface area contributed by atoms with Crippen molar-refractivity contribution >= 4 is 15.9 Å². The van der Waals surface area contributed by atoms with Crippen molar-refractivity contribution in [2.45, 2.75) is 37.1 Å². The fourth-order valence-electron chi connectivity index (χ4n) is 3.87. The molecule has 1 aromatic carbocycles. The average molecular weight is 396 g/mol. The highest BCUT2D eigenvalue weighted by Gasteiger charge is 2.32. The Labute approximate surface area is 161 Å². The zero-order valence-electron chi connectivity index (χ0n) is 16.1. The predicted octanol–water partition coefficient (Wildman–Crippen LogP) is 1.31. The van der Waals surface area contributed by atoms with E-state index in [1.165, 1.54) is 4.31 Å². The van der Waals surface area contributed by atoms with Crippen LogP contribution >= 0.6 is 0 Å². The fourth-order valence-corrected chi connectivity index (χ4v) is 5.34. The molecule has 0 aromatic heterocycles. The van der Waals surface area contributed by atoms with Gasteiger partial charge in [-0.2, -0.15) is 4.31 Å². The Bertz CT molecular complexity index is 751. The van der Waals surface area contributed by atoms with E-state index in [1.807, 2.05) is 4.90 Å². The molecule has 1 N–H and O–H groups in total. The Morgan fingerprint density at radius 3 is 2.56 bits per heavy atom. The van der Waals surface area contributed by atoms with Crippen molar-refractivity contribution in [1.82, 2.24) is 14.5 Å². The van der Waals surface area contributed by atoms with Gasteiger partial charge in [0.05, 0.1) is 12.0 Å². The number of hydrogen-bond donors (Lipinski definition) is 1. The van der Waals surface area contributed by atoms with Gasteiger partial charge in [-0.05, 0) is 57.0 Å². The van der Waals surface area contributed by atoms with Gasteiger partial charge >= 0.3 is 0 Å². The number of methoxy groups -OCH3 is 1. The van der Waals surface area contributed by atoms with E-state index in [2.05, 4.69) is 12.2 Å². The highest BCUT2D eigenvalue weighted by molar-refractivity contribution is 7.89. The summed E-state index contributed by atoms with van der Waals surface area (Å²) in [6.45, 7) is 4.80. The topological polar surface area (TPSA) is 79.0 Å². The molecule has 0 spiro atoms. The molecule has 0 bridgehead atoms. The van der Waals surface area contributed by atoms with E-state index in [-0.39, 0.29) is 16.7 Å². The summed E-state index contributed by atoms with van der Waals surface area (Å²) in [5, 5.41) is 3.37. The van der Waals surface area contributed by atoms with Gasteiger partial charge in [0, 0.05) is 38.1 Å². The number of carbonyl (C=O) groups excluding carboxylic acids is 1. The van der Waals surface area contributed by atoms with Crippen LogP contribution < -0.4 is 10.1 Å². The second-order valence-electron chi connectivity index (χ2n) is 7.33. The molecule has 0 saturated carbocycles. The first-order valence-corrected chi connectivity index (χ1v) is 11.0. The second-order valence-corrected chi connectivity index (χ2v) is 9.27. The van der Waals surface area contributed by atoms with Gasteiger partial charge in [-0.15, -0.1) is 0 Å². The summed E-state index contributed by atoms with van der Waals surface area (Å²) in [6.07, 6.45) is 2.36. The van der Waals surface area contributed by atoms with Crippen molar-refractivity contribution in [3.05, 3.63) is 24.3 Å². The first-order valence-electron chi connectivity index (χ1n) is 9.58. The minimum atomic E-state index is -3.56. The molecule has 0 radical (unpaired) electrons. The van der Waals surface area contributed by atoms with Crippen LogP contribution in [0.2, 0.25) is 0 Å². The van der Waals surface area contributed by atoms with Gasteiger partial charge in [-0.3, -0.25) is 4.79 Å². The number of benzene rings is 1. The van der Waals surface area contributed by atoms with Crippen LogP contribution in [-0.2, 0) is 14.8 Å². The number of piperidine rings is 1. The maximum atomic E-state index is 12.9. The Morgan fingerprint density at radius 1 is 1.15 bits per heavy atom. The predicted molar refractivity (Wildman–Crippen MR) is 103 cm³/mol. The van der Waals surface area contributed by atoms with E-state index < -0.39 is 10.0 Å². The van der Waals surface area contributed by atoms with Crippen LogP contribution in [0, 0.1) is 5.92 Å². The lowest BCUT2D eigenvalue weighted by molar-refractivity contribution is -0.136. The van der Waals surface area contributed by atoms with Gasteiger partial charge in [0.25, 0.3) is 0 Å². The summed E-state index contributed by atoms with van der Waals surface area (Å²) in [5.74, 6) is 0.843. The lowest BCUT2D eigenvalue weighted by Crippen LogP contribution is -2.45. The normalized spacial score (nSPS) is 25.0. The molecule has 2 saturated heterocycles. The molecule has 1 aromatic rings. The Hall–Kier alpha value is -1.64. The summed E-state index contributed by atoms with van der Waals surface area (Å²) in [5.41, 5.74) is 0. The van der Waals surface area contributed by atoms with Crippen LogP contribution in [-0.4, -0.2) is 69.4 Å². The van der Waals surface area contributed by atoms with Crippen LogP contribution in [0.3, 0.4) is 0 Å². The van der Waals surface area contributed by atoms with E-state index >= 15 is 0 Å². The third kappa shape index (κ3) is 4.62. The molecule has 0 aliphatic carbocycles. The van der Waals surface area contributed by atoms with Gasteiger partial charge in [0.2, 0.25) is 15.9 Å². The smallest absolute Gasteiger partial charge is 0.243 e. The third-order valence-electron chi connectivity index (χ3n) is 5.44. The Balaban J connectivity index is 1.65. The molecule has 2 aliphatic rings. The molecule has 7 nitrogen and oxygen atoms in total. The quantitative estimate of drug-likeness (QED) is 0.832. The zero-order chi connectivity index (χ0) is 19.4. The number of nitrogens with zero attached hydrogens (tertiary/aromatic N) is 2. The van der Waals surface area contributed by atoms with Gasteiger partial charge in [0.1, 0.15) is 5.75 Å². The highest BCUT2D eigenvalue weighted by Crippen LogP contribution is 2.23. The van der Waals surface area contributed by atoms with Gasteiger partial charge in [-0.1, -0.05) is 0 Å². The maximum Gasteiger partial charge on any atom is 0.243 e. The molecule has 1 amide bonds. The van der Waals surface area contributed by atoms with Gasteiger partial charge in [0.15, 0.2) is 0 Å². The number of nitrogens with one attached hydrogen (secondary N) is 1. The number of carbonyl (C=O) groups is 1. The van der Waals surface area contributed by atoms with E-state index in [9.17, 15) is 13.2 Å². The Kier molecular flexibility index (Phi) is 6.39. The monoisotopic (exact) mass is 395 g/mol. The van der Waals surface area contributed by atoms with Crippen LogP contribution in [0.1, 0.15) is 26.2 Å². The van der Waals surface area contributed by atoms with Crippen molar-refractivity contribution < 1.29 is 17.9 Å². The minimum absolute atomic E-state index is 0.0472. The Morgan fingerprint density at radius 2 is 1.89 bits per heavy atom. The van der Waals surface area contributed by atoms with Gasteiger partial charge < -0.3 is 15.0 Å². The maximum absolute atomic E-state index is 12.9. The molecule has 27 heavy (non-hydrogen) atoms. The van der Waals surface area contributed by atoms with Crippen molar-refractivity contribution in [2.24, 2.45) is 5.92 Å². The highest BCUT2D eigenvalue weighted by atomic mass is 32.2. The molecule has 3 rings (SSSR count). The average Bonchev–Trinajstić information content (AvgIpc) is 2.94. The molecule has 2 aliphatic heterocycles. The molecule has 2 heterocycles. The SMILES string of the molecule is COc1ccc(S(=O)(=O)N2CCCN(C(=O)[C@H]3CCN[C@@H](C)C3)CC2)cc1. The largest absolute Gasteiger partial charge is 0.497 e. The van der Waals surface area contributed by atoms with Crippen LogP contribution in [0.25, 0.3) is 0 Å². The molecular weight excluding hydrogens is 366 g/mol. The molecule has 2 fully saturated rings. The third-order valence-corrected chi connectivity index (χ3v) is 7.35. The van der Waals surface area contributed by atoms with E-state index in [1.54, 1.807) is 31.4 Å². The number of ether oxygens (including phenoxy) is 1. The summed E-state index contributed by atoms with van der Waals surface area (Å²) in [6, 6.07) is 6.79. The van der Waals surface area contributed by atoms with Crippen LogP contribution in [0.5, 0.6) is 5.75 Å². The number of hydrogen-bond acceptors (Lipinski definition) is 5. The summed E-state index contributed by atoms with van der Waals surface area (Å²) < 4.78 is 32.5. The number of sulfonamides is 1. The van der Waals surface area contributed by atoms with Gasteiger partial charge in [-0.25, -0.2) is 8.42 Å². The van der Waals surface area contributed by atoms with Crippen molar-refractivity contribution in [2.75, 3.05) is 39.8 Å². The zero-order valence-corrected chi connectivity index (χ0v) is 16.9. The van der Waals surface area contributed by atoms with E-state index in [0.717, 1.165) is 19.4 Å². The van der Waals surface area contributed by atoms with Crippen molar-refractivity contribution in [3.63, 3.8) is 0 Å². The molecule has 8 heteroatoms. The van der Waals surface area contributed by atoms with Crippen molar-refractivity contribution in [1.29, 1.82) is 0 Å². The van der Waals surface area contributed by atoms with Crippen LogP contribution in [0.15, 0.2) is 29.2 Å². The summed E-state index contributed by atoms with van der Waals surface area (Å²) >= 11 is 0. The minimum Gasteiger partial charge on any atom is -0.497 e. The fraction of sp³-hybridized carbons (Fsp3) is 0.632. The lowest BCUT2D eigenvalue weighted by Gasteiger charge is -2.31. The van der Waals surface area contributed by atoms with Crippen molar-refractivity contribution in [3.8, 4) is 5.75 Å². The molecule has 0 unspecified atom stereocenters. The summed E-state index contributed by atoms with van der Waals surface area (Å²) in [7, 11) is -2.01.